The third-order valence-corrected chi connectivity index (χ3v) is 4.43. The molecule has 0 aliphatic heterocycles. The minimum atomic E-state index is 0.974. The average molecular weight is 238 g/mol. The number of aromatic nitrogens is 1. The molecule has 1 aromatic rings. The molecule has 1 saturated carbocycles. The molecule has 0 atom stereocenters. The molecule has 0 bridgehead atoms. The average Bonchev–Trinajstić information content (AvgIpc) is 2.80. The summed E-state index contributed by atoms with van der Waals surface area (Å²) >= 11 is 1.74. The predicted octanol–water partition coefficient (Wildman–Crippen LogP) is 3.45. The van der Waals surface area contributed by atoms with E-state index in [4.69, 9.17) is 0 Å². The Labute approximate surface area is 102 Å². The first-order valence-electron chi connectivity index (χ1n) is 6.42. The third-order valence-electron chi connectivity index (χ3n) is 3.65. The maximum atomic E-state index is 4.08. The monoisotopic (exact) mass is 238 g/mol. The molecular formula is C13H22N2S. The van der Waals surface area contributed by atoms with Crippen LogP contribution in [0.1, 0.15) is 43.9 Å². The van der Waals surface area contributed by atoms with Crippen molar-refractivity contribution in [1.82, 2.24) is 10.3 Å². The molecule has 1 aliphatic carbocycles. The molecule has 16 heavy (non-hydrogen) atoms. The van der Waals surface area contributed by atoms with Crippen molar-refractivity contribution in [3.05, 3.63) is 16.6 Å². The zero-order valence-corrected chi connectivity index (χ0v) is 10.9. The van der Waals surface area contributed by atoms with E-state index in [0.717, 1.165) is 24.9 Å². The van der Waals surface area contributed by atoms with E-state index in [9.17, 15) is 0 Å². The van der Waals surface area contributed by atoms with Crippen molar-refractivity contribution >= 4 is 11.3 Å². The molecule has 0 unspecified atom stereocenters. The van der Waals surface area contributed by atoms with Gasteiger partial charge in [0.15, 0.2) is 0 Å². The van der Waals surface area contributed by atoms with Gasteiger partial charge in [0.1, 0.15) is 0 Å². The van der Waals surface area contributed by atoms with Crippen LogP contribution in [-0.4, -0.2) is 11.5 Å². The standard InChI is InChI=1S/C13H22N2S/c1-11-2-4-12(5-3-11)6-7-14-8-13-9-15-10-16-13/h9-12,14H,2-8H2,1H3. The summed E-state index contributed by atoms with van der Waals surface area (Å²) in [6, 6.07) is 0. The van der Waals surface area contributed by atoms with Gasteiger partial charge in [0.05, 0.1) is 5.51 Å². The van der Waals surface area contributed by atoms with E-state index in [2.05, 4.69) is 17.2 Å². The maximum Gasteiger partial charge on any atom is 0.0794 e. The van der Waals surface area contributed by atoms with Crippen LogP contribution in [0.2, 0.25) is 0 Å². The Hall–Kier alpha value is -0.410. The number of rotatable bonds is 5. The third kappa shape index (κ3) is 3.87. The topological polar surface area (TPSA) is 24.9 Å². The number of nitrogens with one attached hydrogen (secondary N) is 1. The number of hydrogen-bond donors (Lipinski definition) is 1. The van der Waals surface area contributed by atoms with Crippen LogP contribution in [0, 0.1) is 11.8 Å². The van der Waals surface area contributed by atoms with Crippen molar-refractivity contribution in [2.45, 2.75) is 45.6 Å². The highest BCUT2D eigenvalue weighted by Crippen LogP contribution is 2.29. The Morgan fingerprint density at radius 3 is 2.88 bits per heavy atom. The molecular weight excluding hydrogens is 216 g/mol. The quantitative estimate of drug-likeness (QED) is 0.795. The summed E-state index contributed by atoms with van der Waals surface area (Å²) < 4.78 is 0. The van der Waals surface area contributed by atoms with Crippen LogP contribution in [0.5, 0.6) is 0 Å². The van der Waals surface area contributed by atoms with Gasteiger partial charge < -0.3 is 5.32 Å². The normalized spacial score (nSPS) is 25.8. The maximum absolute atomic E-state index is 4.08. The highest BCUT2D eigenvalue weighted by Gasteiger charge is 2.17. The van der Waals surface area contributed by atoms with Crippen molar-refractivity contribution in [3.63, 3.8) is 0 Å². The van der Waals surface area contributed by atoms with Gasteiger partial charge in [0, 0.05) is 17.6 Å². The summed E-state index contributed by atoms with van der Waals surface area (Å²) in [6.07, 6.45) is 9.09. The van der Waals surface area contributed by atoms with E-state index in [1.54, 1.807) is 11.3 Å². The molecule has 0 amide bonds. The van der Waals surface area contributed by atoms with E-state index < -0.39 is 0 Å². The lowest BCUT2D eigenvalue weighted by Crippen LogP contribution is -2.20. The van der Waals surface area contributed by atoms with Crippen molar-refractivity contribution in [1.29, 1.82) is 0 Å². The van der Waals surface area contributed by atoms with E-state index >= 15 is 0 Å². The van der Waals surface area contributed by atoms with E-state index in [1.165, 1.54) is 37.0 Å². The van der Waals surface area contributed by atoms with Gasteiger partial charge in [0.2, 0.25) is 0 Å². The second kappa shape index (κ2) is 6.36. The van der Waals surface area contributed by atoms with Crippen LogP contribution in [0.15, 0.2) is 11.7 Å². The van der Waals surface area contributed by atoms with Crippen LogP contribution < -0.4 is 5.32 Å². The molecule has 90 valence electrons. The summed E-state index contributed by atoms with van der Waals surface area (Å²) in [5, 5.41) is 3.52. The number of nitrogens with zero attached hydrogens (tertiary/aromatic N) is 1. The van der Waals surface area contributed by atoms with Crippen molar-refractivity contribution in [2.75, 3.05) is 6.54 Å². The first-order chi connectivity index (χ1) is 7.84. The highest BCUT2D eigenvalue weighted by atomic mass is 32.1. The fourth-order valence-corrected chi connectivity index (χ4v) is 3.03. The fourth-order valence-electron chi connectivity index (χ4n) is 2.46. The van der Waals surface area contributed by atoms with Gasteiger partial charge in [-0.15, -0.1) is 11.3 Å². The minimum absolute atomic E-state index is 0.974. The Morgan fingerprint density at radius 1 is 1.38 bits per heavy atom. The molecule has 0 radical (unpaired) electrons. The smallest absolute Gasteiger partial charge is 0.0794 e. The van der Waals surface area contributed by atoms with Crippen LogP contribution in [-0.2, 0) is 6.54 Å². The van der Waals surface area contributed by atoms with Gasteiger partial charge in [-0.25, -0.2) is 0 Å². The first kappa shape index (κ1) is 12.1. The highest BCUT2D eigenvalue weighted by molar-refractivity contribution is 7.09. The summed E-state index contributed by atoms with van der Waals surface area (Å²) in [7, 11) is 0. The lowest BCUT2D eigenvalue weighted by molar-refractivity contribution is 0.275. The molecule has 1 heterocycles. The van der Waals surface area contributed by atoms with Crippen molar-refractivity contribution in [3.8, 4) is 0 Å². The molecule has 1 aromatic heterocycles. The molecule has 1 N–H and O–H groups in total. The Bertz CT molecular complexity index is 276. The predicted molar refractivity (Wildman–Crippen MR) is 69.6 cm³/mol. The lowest BCUT2D eigenvalue weighted by Gasteiger charge is -2.26. The molecule has 1 fully saturated rings. The second-order valence-corrected chi connectivity index (χ2v) is 6.03. The zero-order valence-electron chi connectivity index (χ0n) is 10.1. The van der Waals surface area contributed by atoms with Gasteiger partial charge in [-0.3, -0.25) is 4.98 Å². The molecule has 0 aromatic carbocycles. The molecule has 0 spiro atoms. The molecule has 0 saturated heterocycles. The fraction of sp³-hybridized carbons (Fsp3) is 0.769. The van der Waals surface area contributed by atoms with Crippen LogP contribution in [0.25, 0.3) is 0 Å². The minimum Gasteiger partial charge on any atom is -0.312 e. The van der Waals surface area contributed by atoms with Gasteiger partial charge >= 0.3 is 0 Å². The van der Waals surface area contributed by atoms with E-state index in [1.807, 2.05) is 11.7 Å². The zero-order chi connectivity index (χ0) is 11.2. The summed E-state index contributed by atoms with van der Waals surface area (Å²) in [4.78, 5) is 5.42. The summed E-state index contributed by atoms with van der Waals surface area (Å²) in [6.45, 7) is 4.54. The molecule has 2 nitrogen and oxygen atoms in total. The Morgan fingerprint density at radius 2 is 2.19 bits per heavy atom. The van der Waals surface area contributed by atoms with Gasteiger partial charge in [0.25, 0.3) is 0 Å². The first-order valence-corrected chi connectivity index (χ1v) is 7.30. The largest absolute Gasteiger partial charge is 0.312 e. The summed E-state index contributed by atoms with van der Waals surface area (Å²) in [5.41, 5.74) is 1.90. The van der Waals surface area contributed by atoms with Gasteiger partial charge in [-0.2, -0.15) is 0 Å². The molecule has 1 aliphatic rings. The van der Waals surface area contributed by atoms with E-state index in [-0.39, 0.29) is 0 Å². The number of thiazole rings is 1. The number of hydrogen-bond acceptors (Lipinski definition) is 3. The Kier molecular flexibility index (Phi) is 4.79. The second-order valence-electron chi connectivity index (χ2n) is 5.06. The van der Waals surface area contributed by atoms with Gasteiger partial charge in [-0.1, -0.05) is 32.6 Å². The van der Waals surface area contributed by atoms with Crippen molar-refractivity contribution in [2.24, 2.45) is 11.8 Å². The molecule has 3 heteroatoms. The van der Waals surface area contributed by atoms with Crippen molar-refractivity contribution < 1.29 is 0 Å². The molecule has 2 rings (SSSR count). The SMILES string of the molecule is CC1CCC(CCNCc2cncs2)CC1. The van der Waals surface area contributed by atoms with Gasteiger partial charge in [-0.05, 0) is 24.8 Å². The van der Waals surface area contributed by atoms with Crippen LogP contribution in [0.4, 0.5) is 0 Å². The lowest BCUT2D eigenvalue weighted by atomic mass is 9.81. The van der Waals surface area contributed by atoms with Crippen LogP contribution >= 0.6 is 11.3 Å². The van der Waals surface area contributed by atoms with Crippen LogP contribution in [0.3, 0.4) is 0 Å². The van der Waals surface area contributed by atoms with E-state index in [0.29, 0.717) is 0 Å². The Balaban J connectivity index is 1.55. The summed E-state index contributed by atoms with van der Waals surface area (Å²) in [5.74, 6) is 1.95.